The number of nitrogens with one attached hydrogen (secondary N) is 1. The van der Waals surface area contributed by atoms with Crippen LogP contribution < -0.4 is 5.32 Å². The molecule has 1 saturated heterocycles. The molecule has 1 aliphatic rings. The summed E-state index contributed by atoms with van der Waals surface area (Å²) in [6.45, 7) is 3.79. The van der Waals surface area contributed by atoms with Gasteiger partial charge in [0, 0.05) is 24.3 Å². The molecule has 2 heterocycles. The second kappa shape index (κ2) is 7.41. The van der Waals surface area contributed by atoms with Gasteiger partial charge in [-0.1, -0.05) is 30.1 Å². The molecule has 2 aromatic rings. The lowest BCUT2D eigenvalue weighted by Gasteiger charge is -2.31. The van der Waals surface area contributed by atoms with Gasteiger partial charge in [-0.2, -0.15) is 0 Å². The minimum absolute atomic E-state index is 0.0230. The molecule has 1 aliphatic heterocycles. The van der Waals surface area contributed by atoms with E-state index in [1.165, 1.54) is 6.42 Å². The Balaban J connectivity index is 1.78. The van der Waals surface area contributed by atoms with Crippen molar-refractivity contribution in [2.75, 3.05) is 18.4 Å². The fourth-order valence-corrected chi connectivity index (χ4v) is 3.27. The molecule has 0 bridgehead atoms. The van der Waals surface area contributed by atoms with Gasteiger partial charge in [-0.25, -0.2) is 0 Å². The van der Waals surface area contributed by atoms with Gasteiger partial charge >= 0.3 is 0 Å². The number of piperidine rings is 1. The Bertz CT molecular complexity index is 751. The highest BCUT2D eigenvalue weighted by atomic mass is 35.5. The first-order chi connectivity index (χ1) is 11.5. The van der Waals surface area contributed by atoms with Crippen LogP contribution in [0.1, 0.15) is 30.1 Å². The van der Waals surface area contributed by atoms with E-state index in [0.29, 0.717) is 32.9 Å². The van der Waals surface area contributed by atoms with E-state index in [2.05, 4.69) is 17.2 Å². The minimum atomic E-state index is 0.0230. The Morgan fingerprint density at radius 2 is 2.12 bits per heavy atom. The number of rotatable bonds is 3. The zero-order chi connectivity index (χ0) is 17.1. The van der Waals surface area contributed by atoms with Crippen LogP contribution in [0, 0.1) is 5.92 Å². The molecule has 0 aliphatic carbocycles. The number of aromatic nitrogens is 1. The monoisotopic (exact) mass is 363 g/mol. The van der Waals surface area contributed by atoms with Gasteiger partial charge in [0.15, 0.2) is 0 Å². The van der Waals surface area contributed by atoms with E-state index < -0.39 is 0 Å². The molecule has 0 radical (unpaired) electrons. The van der Waals surface area contributed by atoms with Crippen LogP contribution in [0.5, 0.6) is 0 Å². The maximum atomic E-state index is 12.7. The molecule has 0 saturated carbocycles. The quantitative estimate of drug-likeness (QED) is 0.833. The van der Waals surface area contributed by atoms with Crippen molar-refractivity contribution in [2.24, 2.45) is 5.92 Å². The van der Waals surface area contributed by atoms with Crippen molar-refractivity contribution in [3.63, 3.8) is 0 Å². The van der Waals surface area contributed by atoms with Crippen LogP contribution in [0.4, 0.5) is 11.4 Å². The fraction of sp³-hybridized carbons (Fsp3) is 0.333. The third-order valence-corrected chi connectivity index (χ3v) is 4.70. The van der Waals surface area contributed by atoms with Crippen LogP contribution >= 0.6 is 23.2 Å². The van der Waals surface area contributed by atoms with Crippen molar-refractivity contribution in [1.82, 2.24) is 9.88 Å². The molecule has 1 atom stereocenters. The first-order valence-corrected chi connectivity index (χ1v) is 8.75. The highest BCUT2D eigenvalue weighted by molar-refractivity contribution is 6.35. The average molecular weight is 364 g/mol. The third kappa shape index (κ3) is 4.00. The second-order valence-electron chi connectivity index (χ2n) is 6.21. The summed E-state index contributed by atoms with van der Waals surface area (Å²) in [6, 6.07) is 6.99. The van der Waals surface area contributed by atoms with Crippen molar-refractivity contribution in [2.45, 2.75) is 19.8 Å². The first kappa shape index (κ1) is 17.1. The van der Waals surface area contributed by atoms with Gasteiger partial charge in [-0.15, -0.1) is 0 Å². The smallest absolute Gasteiger partial charge is 0.255 e. The molecule has 6 heteroatoms. The average Bonchev–Trinajstić information content (AvgIpc) is 2.58. The third-order valence-electron chi connectivity index (χ3n) is 4.14. The highest BCUT2D eigenvalue weighted by Crippen LogP contribution is 2.28. The zero-order valence-electron chi connectivity index (χ0n) is 13.4. The molecule has 1 amide bonds. The fourth-order valence-electron chi connectivity index (χ4n) is 2.93. The molecule has 24 heavy (non-hydrogen) atoms. The number of carbonyl (C=O) groups excluding carboxylic acids is 1. The number of likely N-dealkylation sites (tertiary alicyclic amines) is 1. The molecular formula is C18H19Cl2N3O. The molecule has 1 aromatic carbocycles. The van der Waals surface area contributed by atoms with E-state index >= 15 is 0 Å². The maximum Gasteiger partial charge on any atom is 0.255 e. The van der Waals surface area contributed by atoms with Gasteiger partial charge in [0.2, 0.25) is 0 Å². The molecule has 1 aromatic heterocycles. The maximum absolute atomic E-state index is 12.7. The summed E-state index contributed by atoms with van der Waals surface area (Å²) in [5, 5.41) is 4.31. The molecular weight excluding hydrogens is 345 g/mol. The summed E-state index contributed by atoms with van der Waals surface area (Å²) in [5.74, 6) is 0.567. The lowest BCUT2D eigenvalue weighted by molar-refractivity contribution is 0.0682. The lowest BCUT2D eigenvalue weighted by atomic mass is 10.00. The van der Waals surface area contributed by atoms with Crippen LogP contribution in [0.2, 0.25) is 10.0 Å². The number of hydrogen-bond acceptors (Lipinski definition) is 3. The van der Waals surface area contributed by atoms with Crippen molar-refractivity contribution < 1.29 is 4.79 Å². The summed E-state index contributed by atoms with van der Waals surface area (Å²) in [5.41, 5.74) is 1.96. The van der Waals surface area contributed by atoms with Crippen molar-refractivity contribution in [3.05, 3.63) is 52.3 Å². The molecule has 126 valence electrons. The number of amides is 1. The summed E-state index contributed by atoms with van der Waals surface area (Å²) in [6.07, 6.45) is 5.49. The van der Waals surface area contributed by atoms with E-state index in [0.717, 1.165) is 19.5 Å². The Morgan fingerprint density at radius 3 is 2.92 bits per heavy atom. The van der Waals surface area contributed by atoms with E-state index in [1.54, 1.807) is 36.7 Å². The van der Waals surface area contributed by atoms with Crippen LogP contribution in [0.15, 0.2) is 36.7 Å². The van der Waals surface area contributed by atoms with Crippen LogP contribution in [0.3, 0.4) is 0 Å². The standard InChI is InChI=1S/C18H19Cl2N3O/c1-12-3-2-6-23(11-12)18(24)13-7-15(10-21-9-13)22-17-8-14(19)4-5-16(17)20/h4-5,7-10,12,22H,2-3,6,11H2,1H3. The summed E-state index contributed by atoms with van der Waals surface area (Å²) < 4.78 is 0. The second-order valence-corrected chi connectivity index (χ2v) is 7.05. The summed E-state index contributed by atoms with van der Waals surface area (Å²) >= 11 is 12.2. The van der Waals surface area contributed by atoms with E-state index in [9.17, 15) is 4.79 Å². The Kier molecular flexibility index (Phi) is 5.27. The Hall–Kier alpha value is -1.78. The van der Waals surface area contributed by atoms with Crippen LogP contribution in [-0.4, -0.2) is 28.9 Å². The Morgan fingerprint density at radius 1 is 1.29 bits per heavy atom. The van der Waals surface area contributed by atoms with Crippen LogP contribution in [-0.2, 0) is 0 Å². The van der Waals surface area contributed by atoms with Crippen molar-refractivity contribution >= 4 is 40.5 Å². The molecule has 1 N–H and O–H groups in total. The summed E-state index contributed by atoms with van der Waals surface area (Å²) in [7, 11) is 0. The lowest BCUT2D eigenvalue weighted by Crippen LogP contribution is -2.39. The van der Waals surface area contributed by atoms with Gasteiger partial charge < -0.3 is 10.2 Å². The molecule has 1 fully saturated rings. The Labute approximate surface area is 151 Å². The number of nitrogens with zero attached hydrogens (tertiary/aromatic N) is 2. The van der Waals surface area contributed by atoms with Gasteiger partial charge in [-0.3, -0.25) is 9.78 Å². The predicted octanol–water partition coefficient (Wildman–Crippen LogP) is 5.00. The predicted molar refractivity (Wildman–Crippen MR) is 98.3 cm³/mol. The van der Waals surface area contributed by atoms with Gasteiger partial charge in [-0.05, 0) is 43.0 Å². The van der Waals surface area contributed by atoms with Gasteiger partial charge in [0.1, 0.15) is 0 Å². The largest absolute Gasteiger partial charge is 0.353 e. The summed E-state index contributed by atoms with van der Waals surface area (Å²) in [4.78, 5) is 18.8. The molecule has 0 spiro atoms. The van der Waals surface area contributed by atoms with E-state index in [1.807, 2.05) is 4.90 Å². The minimum Gasteiger partial charge on any atom is -0.353 e. The number of anilines is 2. The highest BCUT2D eigenvalue weighted by Gasteiger charge is 2.22. The molecule has 4 nitrogen and oxygen atoms in total. The number of halogens is 2. The molecule has 1 unspecified atom stereocenters. The number of benzene rings is 1. The molecule has 3 rings (SSSR count). The SMILES string of the molecule is CC1CCCN(C(=O)c2cncc(Nc3cc(Cl)ccc3Cl)c2)C1. The van der Waals surface area contributed by atoms with Crippen molar-refractivity contribution in [1.29, 1.82) is 0 Å². The topological polar surface area (TPSA) is 45.2 Å². The number of pyridine rings is 1. The van der Waals surface area contributed by atoms with Gasteiger partial charge in [0.25, 0.3) is 5.91 Å². The number of carbonyl (C=O) groups is 1. The van der Waals surface area contributed by atoms with Gasteiger partial charge in [0.05, 0.1) is 28.2 Å². The first-order valence-electron chi connectivity index (χ1n) is 7.99. The van der Waals surface area contributed by atoms with Crippen molar-refractivity contribution in [3.8, 4) is 0 Å². The van der Waals surface area contributed by atoms with E-state index in [4.69, 9.17) is 23.2 Å². The number of hydrogen-bond donors (Lipinski definition) is 1. The van der Waals surface area contributed by atoms with Crippen LogP contribution in [0.25, 0.3) is 0 Å². The zero-order valence-corrected chi connectivity index (χ0v) is 14.9. The van der Waals surface area contributed by atoms with E-state index in [-0.39, 0.29) is 5.91 Å². The normalized spacial score (nSPS) is 17.6.